The number of fused-ring (bicyclic) bond motifs is 1. The number of carbonyl (C=O) groups is 1. The highest BCUT2D eigenvalue weighted by Gasteiger charge is 2.25. The van der Waals surface area contributed by atoms with Gasteiger partial charge in [-0.05, 0) is 62.4 Å². The van der Waals surface area contributed by atoms with Crippen LogP contribution in [0.15, 0.2) is 18.2 Å². The van der Waals surface area contributed by atoms with E-state index in [1.165, 1.54) is 5.56 Å². The molecule has 0 radical (unpaired) electrons. The normalized spacial score (nSPS) is 14.7. The fourth-order valence-electron chi connectivity index (χ4n) is 4.73. The zero-order valence-electron chi connectivity index (χ0n) is 20.6. The molecule has 176 valence electrons. The molecule has 1 aliphatic heterocycles. The van der Waals surface area contributed by atoms with E-state index in [2.05, 4.69) is 44.1 Å². The molecule has 0 saturated carbocycles. The Morgan fingerprint density at radius 3 is 2.58 bits per heavy atom. The maximum atomic E-state index is 13.0. The number of rotatable bonds is 6. The van der Waals surface area contributed by atoms with Crippen LogP contribution in [0.4, 0.5) is 0 Å². The molecular weight excluding hydrogens is 416 g/mol. The zero-order valence-corrected chi connectivity index (χ0v) is 20.6. The molecule has 1 fully saturated rings. The van der Waals surface area contributed by atoms with Gasteiger partial charge in [0.25, 0.3) is 0 Å². The lowest BCUT2D eigenvalue weighted by atomic mass is 9.99. The van der Waals surface area contributed by atoms with Gasteiger partial charge in [0.05, 0.1) is 12.5 Å². The van der Waals surface area contributed by atoms with Crippen molar-refractivity contribution in [2.75, 3.05) is 20.2 Å². The van der Waals surface area contributed by atoms with E-state index in [4.69, 9.17) is 14.5 Å². The number of aryl methyl sites for hydroxylation is 5. The number of benzene rings is 1. The molecule has 4 rings (SSSR count). The van der Waals surface area contributed by atoms with Crippen molar-refractivity contribution >= 4 is 16.9 Å². The van der Waals surface area contributed by atoms with E-state index in [0.29, 0.717) is 18.7 Å². The Morgan fingerprint density at radius 2 is 1.88 bits per heavy atom. The van der Waals surface area contributed by atoms with Gasteiger partial charge in [0.15, 0.2) is 5.65 Å². The fourth-order valence-corrected chi connectivity index (χ4v) is 4.73. The number of nitrogens with zero attached hydrogens (tertiary/aromatic N) is 4. The number of likely N-dealkylation sites (tertiary alicyclic amines) is 1. The van der Waals surface area contributed by atoms with E-state index < -0.39 is 0 Å². The Morgan fingerprint density at radius 1 is 1.15 bits per heavy atom. The highest BCUT2D eigenvalue weighted by molar-refractivity contribution is 5.86. The predicted octanol–water partition coefficient (Wildman–Crippen LogP) is 4.21. The standard InChI is InChI=1S/C26H34N4O3/c1-16-7-8-17(2)22(15-16)33-20-11-13-30(14-12-20)23(31)10-9-21-18(3)24-25(27-19(21)4)29(5)28-26(24)32-6/h7-8,15,20H,9-14H2,1-6H3. The van der Waals surface area contributed by atoms with Crippen molar-refractivity contribution in [1.29, 1.82) is 0 Å². The van der Waals surface area contributed by atoms with E-state index in [-0.39, 0.29) is 12.0 Å². The lowest BCUT2D eigenvalue weighted by molar-refractivity contribution is -0.132. The monoisotopic (exact) mass is 450 g/mol. The average molecular weight is 451 g/mol. The molecular formula is C26H34N4O3. The van der Waals surface area contributed by atoms with Crippen molar-refractivity contribution in [2.45, 2.75) is 59.5 Å². The van der Waals surface area contributed by atoms with Crippen molar-refractivity contribution in [3.8, 4) is 11.6 Å². The molecule has 1 saturated heterocycles. The lowest BCUT2D eigenvalue weighted by Crippen LogP contribution is -2.42. The second kappa shape index (κ2) is 9.41. The Balaban J connectivity index is 1.37. The summed E-state index contributed by atoms with van der Waals surface area (Å²) in [6, 6.07) is 6.30. The zero-order chi connectivity index (χ0) is 23.7. The van der Waals surface area contributed by atoms with Crippen LogP contribution in [0.1, 0.15) is 47.2 Å². The summed E-state index contributed by atoms with van der Waals surface area (Å²) >= 11 is 0. The van der Waals surface area contributed by atoms with Gasteiger partial charge in [0, 0.05) is 45.1 Å². The van der Waals surface area contributed by atoms with Gasteiger partial charge in [-0.1, -0.05) is 12.1 Å². The Kier molecular flexibility index (Phi) is 6.58. The van der Waals surface area contributed by atoms with Crippen molar-refractivity contribution in [3.63, 3.8) is 0 Å². The van der Waals surface area contributed by atoms with Crippen molar-refractivity contribution in [1.82, 2.24) is 19.7 Å². The summed E-state index contributed by atoms with van der Waals surface area (Å²) in [5.41, 5.74) is 6.30. The molecule has 7 nitrogen and oxygen atoms in total. The van der Waals surface area contributed by atoms with Gasteiger partial charge in [-0.25, -0.2) is 9.67 Å². The largest absolute Gasteiger partial charge is 0.490 e. The van der Waals surface area contributed by atoms with E-state index >= 15 is 0 Å². The van der Waals surface area contributed by atoms with Gasteiger partial charge in [-0.2, -0.15) is 0 Å². The molecule has 0 spiro atoms. The summed E-state index contributed by atoms with van der Waals surface area (Å²) in [5, 5.41) is 5.34. The summed E-state index contributed by atoms with van der Waals surface area (Å²) in [5.74, 6) is 1.73. The Bertz CT molecular complexity index is 1180. The number of hydrogen-bond donors (Lipinski definition) is 0. The highest BCUT2D eigenvalue weighted by Crippen LogP contribution is 2.31. The lowest BCUT2D eigenvalue weighted by Gasteiger charge is -2.32. The van der Waals surface area contributed by atoms with Crippen LogP contribution in [0.25, 0.3) is 11.0 Å². The number of aromatic nitrogens is 3. The third-order valence-electron chi connectivity index (χ3n) is 6.74. The first-order valence-electron chi connectivity index (χ1n) is 11.7. The maximum Gasteiger partial charge on any atom is 0.242 e. The Labute approximate surface area is 195 Å². The Hall–Kier alpha value is -3.09. The van der Waals surface area contributed by atoms with Crippen LogP contribution in [0, 0.1) is 27.7 Å². The van der Waals surface area contributed by atoms with Gasteiger partial charge in [-0.15, -0.1) is 5.10 Å². The maximum absolute atomic E-state index is 13.0. The van der Waals surface area contributed by atoms with Crippen LogP contribution < -0.4 is 9.47 Å². The molecule has 1 amide bonds. The van der Waals surface area contributed by atoms with Gasteiger partial charge >= 0.3 is 0 Å². The molecule has 7 heteroatoms. The summed E-state index contributed by atoms with van der Waals surface area (Å²) < 4.78 is 13.5. The molecule has 0 aliphatic carbocycles. The minimum atomic E-state index is 0.156. The highest BCUT2D eigenvalue weighted by atomic mass is 16.5. The second-order valence-electron chi connectivity index (χ2n) is 9.10. The molecule has 1 aromatic carbocycles. The third-order valence-corrected chi connectivity index (χ3v) is 6.74. The number of pyridine rings is 1. The number of ether oxygens (including phenoxy) is 2. The number of piperidine rings is 1. The summed E-state index contributed by atoms with van der Waals surface area (Å²) in [4.78, 5) is 19.7. The third kappa shape index (κ3) is 4.68. The van der Waals surface area contributed by atoms with Crippen molar-refractivity contribution < 1.29 is 14.3 Å². The van der Waals surface area contributed by atoms with E-state index in [9.17, 15) is 4.79 Å². The molecule has 3 heterocycles. The van der Waals surface area contributed by atoms with Gasteiger partial charge in [-0.3, -0.25) is 4.79 Å². The number of amides is 1. The van der Waals surface area contributed by atoms with Crippen LogP contribution in [-0.2, 0) is 18.3 Å². The molecule has 0 bridgehead atoms. The van der Waals surface area contributed by atoms with Crippen molar-refractivity contribution in [3.05, 3.63) is 46.1 Å². The molecule has 0 unspecified atom stereocenters. The van der Waals surface area contributed by atoms with Crippen LogP contribution in [0.5, 0.6) is 11.6 Å². The molecule has 2 aromatic heterocycles. The van der Waals surface area contributed by atoms with E-state index in [1.54, 1.807) is 11.8 Å². The van der Waals surface area contributed by atoms with E-state index in [1.807, 2.05) is 18.9 Å². The van der Waals surface area contributed by atoms with Crippen LogP contribution in [0.2, 0.25) is 0 Å². The minimum Gasteiger partial charge on any atom is -0.490 e. The first-order chi connectivity index (χ1) is 15.8. The first kappa shape index (κ1) is 23.1. The van der Waals surface area contributed by atoms with Crippen LogP contribution in [0.3, 0.4) is 0 Å². The molecule has 33 heavy (non-hydrogen) atoms. The first-order valence-corrected chi connectivity index (χ1v) is 11.7. The fraction of sp³-hybridized carbons (Fsp3) is 0.500. The molecule has 3 aromatic rings. The minimum absolute atomic E-state index is 0.156. The van der Waals surface area contributed by atoms with Crippen LogP contribution >= 0.6 is 0 Å². The topological polar surface area (TPSA) is 69.5 Å². The second-order valence-corrected chi connectivity index (χ2v) is 9.10. The quantitative estimate of drug-likeness (QED) is 0.563. The van der Waals surface area contributed by atoms with Gasteiger partial charge in [0.1, 0.15) is 11.9 Å². The average Bonchev–Trinajstić information content (AvgIpc) is 3.12. The van der Waals surface area contributed by atoms with Gasteiger partial charge in [0.2, 0.25) is 11.8 Å². The predicted molar refractivity (Wildman–Crippen MR) is 129 cm³/mol. The van der Waals surface area contributed by atoms with Crippen LogP contribution in [-0.4, -0.2) is 51.9 Å². The summed E-state index contributed by atoms with van der Waals surface area (Å²) in [7, 11) is 3.49. The van der Waals surface area contributed by atoms with Crippen molar-refractivity contribution in [2.24, 2.45) is 7.05 Å². The number of carbonyl (C=O) groups excluding carboxylic acids is 1. The summed E-state index contributed by atoms with van der Waals surface area (Å²) in [6.45, 7) is 9.69. The number of methoxy groups -OCH3 is 1. The van der Waals surface area contributed by atoms with E-state index in [0.717, 1.165) is 65.1 Å². The number of hydrogen-bond acceptors (Lipinski definition) is 5. The SMILES string of the molecule is COc1nn(C)c2nc(C)c(CCC(=O)N3CCC(Oc4cc(C)ccc4C)CC3)c(C)c12. The van der Waals surface area contributed by atoms with Gasteiger partial charge < -0.3 is 14.4 Å². The summed E-state index contributed by atoms with van der Waals surface area (Å²) in [6.07, 6.45) is 3.01. The molecule has 0 N–H and O–H groups in total. The molecule has 0 atom stereocenters. The molecule has 1 aliphatic rings. The smallest absolute Gasteiger partial charge is 0.242 e.